The second-order valence-electron chi connectivity index (χ2n) is 6.15. The largest absolute Gasteiger partial charge is 0.350 e. The number of nitrogens with zero attached hydrogens (tertiary/aromatic N) is 1. The second kappa shape index (κ2) is 6.81. The average Bonchev–Trinajstić information content (AvgIpc) is 2.96. The molecule has 2 aliphatic rings. The molecule has 3 amide bonds. The molecular weight excluding hydrogens is 278 g/mol. The molecule has 22 heavy (non-hydrogen) atoms. The summed E-state index contributed by atoms with van der Waals surface area (Å²) in [4.78, 5) is 26.2. The Bertz CT molecular complexity index is 526. The zero-order chi connectivity index (χ0) is 15.4. The molecule has 5 heteroatoms. The molecule has 0 bridgehead atoms. The highest BCUT2D eigenvalue weighted by Crippen LogP contribution is 2.24. The number of amides is 3. The van der Waals surface area contributed by atoms with Crippen molar-refractivity contribution in [3.8, 4) is 0 Å². The van der Waals surface area contributed by atoms with E-state index in [9.17, 15) is 9.59 Å². The molecule has 1 aromatic carbocycles. The fraction of sp³-hybridized carbons (Fsp3) is 0.529. The number of nitrogens with one attached hydrogen (secondary N) is 2. The Morgan fingerprint density at radius 1 is 1.18 bits per heavy atom. The fourth-order valence-electron chi connectivity index (χ4n) is 3.32. The second-order valence-corrected chi connectivity index (χ2v) is 6.15. The normalized spacial score (nSPS) is 22.5. The van der Waals surface area contributed by atoms with Crippen LogP contribution in [0, 0.1) is 0 Å². The highest BCUT2D eigenvalue weighted by atomic mass is 16.2. The summed E-state index contributed by atoms with van der Waals surface area (Å²) in [6.45, 7) is 0.986. The van der Waals surface area contributed by atoms with Crippen LogP contribution in [-0.2, 0) is 11.3 Å². The lowest BCUT2D eigenvalue weighted by atomic mass is 9.94. The molecule has 0 spiro atoms. The molecule has 1 saturated carbocycles. The first kappa shape index (κ1) is 14.9. The minimum absolute atomic E-state index is 0.0910. The molecule has 0 radical (unpaired) electrons. The van der Waals surface area contributed by atoms with Crippen LogP contribution in [0.2, 0.25) is 0 Å². The highest BCUT2D eigenvalue weighted by Gasteiger charge is 2.37. The van der Waals surface area contributed by atoms with Crippen molar-refractivity contribution in [2.45, 2.75) is 50.7 Å². The van der Waals surface area contributed by atoms with Crippen molar-refractivity contribution >= 4 is 11.9 Å². The molecule has 0 aromatic heterocycles. The van der Waals surface area contributed by atoms with Gasteiger partial charge in [0.05, 0.1) is 6.54 Å². The van der Waals surface area contributed by atoms with Gasteiger partial charge in [-0.1, -0.05) is 49.6 Å². The Labute approximate surface area is 131 Å². The standard InChI is InChI=1S/C17H23N3O2/c21-16(18-11-13-7-3-1-4-8-13)15-12-20(17(22)19-15)14-9-5-2-6-10-14/h1,3-4,7-8,14-15H,2,5-6,9-12H2,(H,18,21)(H,19,22). The molecule has 1 unspecified atom stereocenters. The van der Waals surface area contributed by atoms with Crippen LogP contribution in [0.1, 0.15) is 37.7 Å². The van der Waals surface area contributed by atoms with Gasteiger partial charge in [-0.05, 0) is 18.4 Å². The summed E-state index contributed by atoms with van der Waals surface area (Å²) in [5.41, 5.74) is 1.06. The molecule has 1 atom stereocenters. The highest BCUT2D eigenvalue weighted by molar-refractivity contribution is 5.90. The van der Waals surface area contributed by atoms with Crippen LogP contribution in [0.5, 0.6) is 0 Å². The molecule has 1 aliphatic carbocycles. The first-order chi connectivity index (χ1) is 10.7. The van der Waals surface area contributed by atoms with Crippen molar-refractivity contribution in [1.29, 1.82) is 0 Å². The monoisotopic (exact) mass is 301 g/mol. The zero-order valence-electron chi connectivity index (χ0n) is 12.8. The van der Waals surface area contributed by atoms with Crippen LogP contribution in [0.15, 0.2) is 30.3 Å². The van der Waals surface area contributed by atoms with Crippen LogP contribution in [0.3, 0.4) is 0 Å². The minimum atomic E-state index is -0.432. The molecule has 1 aromatic rings. The van der Waals surface area contributed by atoms with Crippen molar-refractivity contribution in [2.24, 2.45) is 0 Å². The minimum Gasteiger partial charge on any atom is -0.350 e. The summed E-state index contributed by atoms with van der Waals surface area (Å²) in [5.74, 6) is -0.101. The van der Waals surface area contributed by atoms with Crippen molar-refractivity contribution in [1.82, 2.24) is 15.5 Å². The number of rotatable bonds is 4. The van der Waals surface area contributed by atoms with Crippen molar-refractivity contribution < 1.29 is 9.59 Å². The molecule has 3 rings (SSSR count). The number of hydrogen-bond donors (Lipinski definition) is 2. The molecule has 1 saturated heterocycles. The Morgan fingerprint density at radius 3 is 2.64 bits per heavy atom. The summed E-state index contributed by atoms with van der Waals surface area (Å²) in [7, 11) is 0. The maximum atomic E-state index is 12.2. The van der Waals surface area contributed by atoms with E-state index in [2.05, 4.69) is 10.6 Å². The van der Waals surface area contributed by atoms with Crippen LogP contribution in [0.4, 0.5) is 4.79 Å². The van der Waals surface area contributed by atoms with Gasteiger partial charge in [-0.3, -0.25) is 4.79 Å². The SMILES string of the molecule is O=C(NCc1ccccc1)C1CN(C2CCCCC2)C(=O)N1. The van der Waals surface area contributed by atoms with Gasteiger partial charge in [0.25, 0.3) is 0 Å². The van der Waals surface area contributed by atoms with E-state index in [4.69, 9.17) is 0 Å². The molecular formula is C17H23N3O2. The van der Waals surface area contributed by atoms with Crippen LogP contribution in [0.25, 0.3) is 0 Å². The number of benzene rings is 1. The third-order valence-corrected chi connectivity index (χ3v) is 4.58. The summed E-state index contributed by atoms with van der Waals surface area (Å²) < 4.78 is 0. The molecule has 2 N–H and O–H groups in total. The van der Waals surface area contributed by atoms with E-state index >= 15 is 0 Å². The van der Waals surface area contributed by atoms with E-state index in [1.54, 1.807) is 0 Å². The van der Waals surface area contributed by atoms with Crippen LogP contribution < -0.4 is 10.6 Å². The van der Waals surface area contributed by atoms with Crippen LogP contribution in [-0.4, -0.2) is 35.5 Å². The lowest BCUT2D eigenvalue weighted by Crippen LogP contribution is -2.42. The molecule has 5 nitrogen and oxygen atoms in total. The van der Waals surface area contributed by atoms with Crippen molar-refractivity contribution in [2.75, 3.05) is 6.54 Å². The number of urea groups is 1. The van der Waals surface area contributed by atoms with E-state index in [1.807, 2.05) is 35.2 Å². The molecule has 1 aliphatic heterocycles. The predicted octanol–water partition coefficient (Wildman–Crippen LogP) is 2.03. The first-order valence-electron chi connectivity index (χ1n) is 8.13. The van der Waals surface area contributed by atoms with Gasteiger partial charge in [-0.2, -0.15) is 0 Å². The van der Waals surface area contributed by atoms with Gasteiger partial charge in [0, 0.05) is 12.6 Å². The van der Waals surface area contributed by atoms with Gasteiger partial charge in [-0.25, -0.2) is 4.79 Å². The molecule has 118 valence electrons. The van der Waals surface area contributed by atoms with E-state index < -0.39 is 6.04 Å². The van der Waals surface area contributed by atoms with E-state index in [1.165, 1.54) is 19.3 Å². The number of carbonyl (C=O) groups is 2. The Morgan fingerprint density at radius 2 is 1.91 bits per heavy atom. The van der Waals surface area contributed by atoms with Gasteiger partial charge >= 0.3 is 6.03 Å². The van der Waals surface area contributed by atoms with Gasteiger partial charge in [0.2, 0.25) is 5.91 Å². The lowest BCUT2D eigenvalue weighted by molar-refractivity contribution is -0.122. The molecule has 1 heterocycles. The van der Waals surface area contributed by atoms with Crippen molar-refractivity contribution in [3.05, 3.63) is 35.9 Å². The Kier molecular flexibility index (Phi) is 4.61. The maximum absolute atomic E-state index is 12.2. The average molecular weight is 301 g/mol. The Hall–Kier alpha value is -2.04. The van der Waals surface area contributed by atoms with Crippen LogP contribution >= 0.6 is 0 Å². The van der Waals surface area contributed by atoms with E-state index in [0.29, 0.717) is 19.1 Å². The topological polar surface area (TPSA) is 61.4 Å². The number of carbonyl (C=O) groups excluding carboxylic acids is 2. The third kappa shape index (κ3) is 3.40. The smallest absolute Gasteiger partial charge is 0.318 e. The third-order valence-electron chi connectivity index (χ3n) is 4.58. The zero-order valence-corrected chi connectivity index (χ0v) is 12.8. The first-order valence-corrected chi connectivity index (χ1v) is 8.13. The Balaban J connectivity index is 1.52. The van der Waals surface area contributed by atoms with Gasteiger partial charge in [0.15, 0.2) is 0 Å². The lowest BCUT2D eigenvalue weighted by Gasteiger charge is -2.30. The quantitative estimate of drug-likeness (QED) is 0.894. The number of hydrogen-bond acceptors (Lipinski definition) is 2. The van der Waals surface area contributed by atoms with Crippen molar-refractivity contribution in [3.63, 3.8) is 0 Å². The fourth-order valence-corrected chi connectivity index (χ4v) is 3.32. The van der Waals surface area contributed by atoms with Gasteiger partial charge in [-0.15, -0.1) is 0 Å². The predicted molar refractivity (Wildman–Crippen MR) is 84.2 cm³/mol. The van der Waals surface area contributed by atoms with Gasteiger partial charge in [0.1, 0.15) is 6.04 Å². The summed E-state index contributed by atoms with van der Waals surface area (Å²) >= 11 is 0. The summed E-state index contributed by atoms with van der Waals surface area (Å²) in [6, 6.07) is 9.58. The maximum Gasteiger partial charge on any atom is 0.318 e. The summed E-state index contributed by atoms with van der Waals surface area (Å²) in [5, 5.41) is 5.72. The summed E-state index contributed by atoms with van der Waals surface area (Å²) in [6.07, 6.45) is 5.74. The van der Waals surface area contributed by atoms with Gasteiger partial charge < -0.3 is 15.5 Å². The van der Waals surface area contributed by atoms with E-state index in [-0.39, 0.29) is 11.9 Å². The molecule has 2 fully saturated rings. The van der Waals surface area contributed by atoms with E-state index in [0.717, 1.165) is 18.4 Å².